The Balaban J connectivity index is 0.00000364. The van der Waals surface area contributed by atoms with Gasteiger partial charge in [-0.05, 0) is 30.9 Å². The molecular weight excluding hydrogens is 483 g/mol. The molecule has 2 heterocycles. The first-order valence-electron chi connectivity index (χ1n) is 8.56. The summed E-state index contributed by atoms with van der Waals surface area (Å²) in [5.74, 6) is 0.633. The quantitative estimate of drug-likeness (QED) is 0.207. The molecule has 11 heteroatoms. The van der Waals surface area contributed by atoms with Crippen molar-refractivity contribution in [2.75, 3.05) is 33.2 Å². The zero-order chi connectivity index (χ0) is 19.0. The topological polar surface area (TPSA) is 130 Å². The van der Waals surface area contributed by atoms with Crippen molar-refractivity contribution in [3.63, 3.8) is 0 Å². The van der Waals surface area contributed by atoms with Gasteiger partial charge in [-0.25, -0.2) is 13.1 Å². The number of nitrogens with one attached hydrogen (secondary N) is 2. The monoisotopic (exact) mass is 510 g/mol. The molecule has 1 fully saturated rings. The lowest BCUT2D eigenvalue weighted by atomic mass is 9.95. The van der Waals surface area contributed by atoms with Crippen LogP contribution in [-0.4, -0.2) is 63.4 Å². The van der Waals surface area contributed by atoms with E-state index < -0.39 is 10.0 Å². The molecule has 1 aromatic rings. The number of carbonyl (C=O) groups is 1. The summed E-state index contributed by atoms with van der Waals surface area (Å²) in [6.45, 7) is 2.17. The third kappa shape index (κ3) is 7.58. The Morgan fingerprint density at radius 1 is 1.44 bits per heavy atom. The Morgan fingerprint density at radius 3 is 2.85 bits per heavy atom. The van der Waals surface area contributed by atoms with E-state index in [0.717, 1.165) is 19.4 Å². The van der Waals surface area contributed by atoms with Crippen LogP contribution in [0.4, 0.5) is 0 Å². The van der Waals surface area contributed by atoms with Gasteiger partial charge in [-0.15, -0.1) is 24.0 Å². The van der Waals surface area contributed by atoms with Crippen LogP contribution < -0.4 is 15.8 Å². The molecule has 1 aromatic heterocycles. The van der Waals surface area contributed by atoms with Crippen molar-refractivity contribution < 1.29 is 13.2 Å². The maximum Gasteiger partial charge on any atom is 0.242 e. The number of primary amides is 1. The molecule has 0 aromatic carbocycles. The number of halogens is 1. The molecule has 27 heavy (non-hydrogen) atoms. The van der Waals surface area contributed by atoms with Gasteiger partial charge in [0.1, 0.15) is 4.90 Å². The summed E-state index contributed by atoms with van der Waals surface area (Å²) in [5, 5.41) is 3.15. The van der Waals surface area contributed by atoms with Crippen molar-refractivity contribution >= 4 is 45.9 Å². The van der Waals surface area contributed by atoms with E-state index in [1.54, 1.807) is 13.1 Å². The van der Waals surface area contributed by atoms with Crippen molar-refractivity contribution in [1.82, 2.24) is 19.9 Å². The van der Waals surface area contributed by atoms with Crippen LogP contribution in [0.25, 0.3) is 0 Å². The minimum Gasteiger partial charge on any atom is -0.370 e. The second-order valence-electron chi connectivity index (χ2n) is 6.19. The van der Waals surface area contributed by atoms with Crippen LogP contribution >= 0.6 is 24.0 Å². The first-order valence-corrected chi connectivity index (χ1v) is 10.0. The van der Waals surface area contributed by atoms with E-state index in [4.69, 9.17) is 5.73 Å². The number of sulfonamides is 1. The molecule has 0 saturated carbocycles. The molecule has 0 spiro atoms. The summed E-state index contributed by atoms with van der Waals surface area (Å²) in [4.78, 5) is 21.4. The minimum atomic E-state index is -3.57. The van der Waals surface area contributed by atoms with E-state index in [9.17, 15) is 13.2 Å². The molecule has 1 aliphatic heterocycles. The second-order valence-corrected chi connectivity index (χ2v) is 7.95. The number of nitrogens with zero attached hydrogens (tertiary/aromatic N) is 3. The van der Waals surface area contributed by atoms with E-state index in [0.29, 0.717) is 25.5 Å². The number of hydrogen-bond donors (Lipinski definition) is 3. The lowest BCUT2D eigenvalue weighted by Gasteiger charge is -2.34. The van der Waals surface area contributed by atoms with Gasteiger partial charge in [0.25, 0.3) is 0 Å². The van der Waals surface area contributed by atoms with E-state index >= 15 is 0 Å². The molecule has 1 atom stereocenters. The number of aliphatic imine (C=N–C) groups is 1. The van der Waals surface area contributed by atoms with Crippen molar-refractivity contribution in [3.05, 3.63) is 24.5 Å². The molecule has 1 unspecified atom stereocenters. The van der Waals surface area contributed by atoms with Gasteiger partial charge in [-0.2, -0.15) is 0 Å². The number of guanidine groups is 1. The van der Waals surface area contributed by atoms with Crippen LogP contribution in [0.3, 0.4) is 0 Å². The molecule has 1 amide bonds. The third-order valence-corrected chi connectivity index (χ3v) is 5.61. The van der Waals surface area contributed by atoms with Gasteiger partial charge in [-0.3, -0.25) is 14.8 Å². The highest BCUT2D eigenvalue weighted by molar-refractivity contribution is 14.0. The van der Waals surface area contributed by atoms with Crippen LogP contribution in [0, 0.1) is 5.92 Å². The van der Waals surface area contributed by atoms with Gasteiger partial charge in [0.2, 0.25) is 15.9 Å². The average Bonchev–Trinajstić information content (AvgIpc) is 2.62. The zero-order valence-electron chi connectivity index (χ0n) is 15.3. The van der Waals surface area contributed by atoms with Crippen LogP contribution in [0.1, 0.15) is 19.3 Å². The van der Waals surface area contributed by atoms with Gasteiger partial charge >= 0.3 is 0 Å². The third-order valence-electron chi connectivity index (χ3n) is 4.17. The molecule has 0 aliphatic carbocycles. The number of aromatic nitrogens is 1. The van der Waals surface area contributed by atoms with E-state index in [-0.39, 0.29) is 47.2 Å². The highest BCUT2D eigenvalue weighted by Crippen LogP contribution is 2.19. The molecule has 0 bridgehead atoms. The fourth-order valence-corrected chi connectivity index (χ4v) is 3.98. The van der Waals surface area contributed by atoms with Gasteiger partial charge < -0.3 is 16.0 Å². The lowest BCUT2D eigenvalue weighted by molar-refractivity contribution is -0.119. The Bertz CT molecular complexity index is 729. The van der Waals surface area contributed by atoms with Crippen LogP contribution in [-0.2, 0) is 14.8 Å². The predicted molar refractivity (Wildman–Crippen MR) is 114 cm³/mol. The lowest BCUT2D eigenvalue weighted by Crippen LogP contribution is -2.48. The van der Waals surface area contributed by atoms with E-state index in [1.165, 1.54) is 18.5 Å². The molecule has 4 N–H and O–H groups in total. The fourth-order valence-electron chi connectivity index (χ4n) is 2.99. The summed E-state index contributed by atoms with van der Waals surface area (Å²) < 4.78 is 26.8. The number of rotatable bonds is 7. The Labute approximate surface area is 177 Å². The number of amides is 1. The molecule has 0 radical (unpaired) electrons. The predicted octanol–water partition coefficient (Wildman–Crippen LogP) is 0.141. The highest BCUT2D eigenvalue weighted by atomic mass is 127. The molecule has 2 rings (SSSR count). The zero-order valence-corrected chi connectivity index (χ0v) is 18.4. The molecule has 9 nitrogen and oxygen atoms in total. The first-order chi connectivity index (χ1) is 12.4. The van der Waals surface area contributed by atoms with Gasteiger partial charge in [0, 0.05) is 52.0 Å². The minimum absolute atomic E-state index is 0. The fraction of sp³-hybridized carbons (Fsp3) is 0.562. The van der Waals surface area contributed by atoms with Crippen LogP contribution in [0.2, 0.25) is 0 Å². The van der Waals surface area contributed by atoms with Crippen LogP contribution in [0.5, 0.6) is 0 Å². The molecule has 1 aliphatic rings. The van der Waals surface area contributed by atoms with E-state index in [2.05, 4.69) is 24.9 Å². The standard InChI is InChI=1S/C16H26N6O3S.HI/c1-18-16(22-9-3-4-13(12-22)10-15(17)23)20-7-8-21-26(24,25)14-5-2-6-19-11-14;/h2,5-6,11,13,21H,3-4,7-10,12H2,1H3,(H2,17,23)(H,18,20);1H. The van der Waals surface area contributed by atoms with Crippen LogP contribution in [0.15, 0.2) is 34.4 Å². The summed E-state index contributed by atoms with van der Waals surface area (Å²) in [6.07, 6.45) is 5.14. The van der Waals surface area contributed by atoms with Crippen molar-refractivity contribution in [2.24, 2.45) is 16.6 Å². The summed E-state index contributed by atoms with van der Waals surface area (Å²) in [5.41, 5.74) is 5.29. The maximum atomic E-state index is 12.1. The van der Waals surface area contributed by atoms with Crippen molar-refractivity contribution in [2.45, 2.75) is 24.2 Å². The number of hydrogen-bond acceptors (Lipinski definition) is 5. The Morgan fingerprint density at radius 2 is 2.22 bits per heavy atom. The molecule has 1 saturated heterocycles. The van der Waals surface area contributed by atoms with Gasteiger partial charge in [0.05, 0.1) is 0 Å². The first kappa shape index (κ1) is 23.6. The van der Waals surface area contributed by atoms with Gasteiger partial charge in [-0.1, -0.05) is 0 Å². The van der Waals surface area contributed by atoms with E-state index in [1.807, 2.05) is 0 Å². The maximum absolute atomic E-state index is 12.1. The van der Waals surface area contributed by atoms with Crippen molar-refractivity contribution in [3.8, 4) is 0 Å². The Kier molecular flexibility index (Phi) is 9.94. The highest BCUT2D eigenvalue weighted by Gasteiger charge is 2.23. The number of pyridine rings is 1. The summed E-state index contributed by atoms with van der Waals surface area (Å²) in [6, 6.07) is 3.07. The number of likely N-dealkylation sites (tertiary alicyclic amines) is 1. The molecule has 152 valence electrons. The number of carbonyl (C=O) groups excluding carboxylic acids is 1. The number of piperidine rings is 1. The van der Waals surface area contributed by atoms with Crippen molar-refractivity contribution in [1.29, 1.82) is 0 Å². The summed E-state index contributed by atoms with van der Waals surface area (Å²) in [7, 11) is -1.89. The second kappa shape index (κ2) is 11.4. The largest absolute Gasteiger partial charge is 0.370 e. The number of nitrogens with two attached hydrogens (primary N) is 1. The Hall–Kier alpha value is -1.47. The average molecular weight is 510 g/mol. The van der Waals surface area contributed by atoms with Gasteiger partial charge in [0.15, 0.2) is 5.96 Å². The summed E-state index contributed by atoms with van der Waals surface area (Å²) >= 11 is 0. The molecular formula is C16H27IN6O3S. The SMILES string of the molecule is CN=C(NCCNS(=O)(=O)c1cccnc1)N1CCCC(CC(N)=O)C1.I. The smallest absolute Gasteiger partial charge is 0.242 e. The normalized spacial score (nSPS) is 17.9.